The van der Waals surface area contributed by atoms with E-state index < -0.39 is 18.0 Å². The Bertz CT molecular complexity index is 458. The van der Waals surface area contributed by atoms with Crippen molar-refractivity contribution in [2.75, 3.05) is 6.61 Å². The van der Waals surface area contributed by atoms with E-state index in [0.29, 0.717) is 0 Å². The molecule has 0 aliphatic carbocycles. The second kappa shape index (κ2) is 6.74. The van der Waals surface area contributed by atoms with Gasteiger partial charge in [0.25, 0.3) is 0 Å². The number of urea groups is 1. The fourth-order valence-electron chi connectivity index (χ4n) is 1.49. The van der Waals surface area contributed by atoms with E-state index in [1.54, 1.807) is 17.9 Å². The number of carboxylic acid groups (broad SMARTS) is 1. The smallest absolute Gasteiger partial charge is 0.326 e. The highest BCUT2D eigenvalue weighted by Crippen LogP contribution is 2.04. The van der Waals surface area contributed by atoms with Crippen LogP contribution in [0.4, 0.5) is 4.79 Å². The molecule has 106 valence electrons. The summed E-state index contributed by atoms with van der Waals surface area (Å²) >= 11 is 0. The van der Waals surface area contributed by atoms with E-state index in [4.69, 9.17) is 10.2 Å². The lowest BCUT2D eigenvalue weighted by molar-refractivity contribution is -0.139. The first-order chi connectivity index (χ1) is 8.95. The number of hydrogen-bond donors (Lipinski definition) is 4. The highest BCUT2D eigenvalue weighted by Gasteiger charge is 2.19. The molecule has 0 fully saturated rings. The van der Waals surface area contributed by atoms with Crippen molar-refractivity contribution in [2.45, 2.75) is 25.9 Å². The summed E-state index contributed by atoms with van der Waals surface area (Å²) in [5.41, 5.74) is 1.78. The van der Waals surface area contributed by atoms with E-state index in [9.17, 15) is 9.59 Å². The molecule has 8 heteroatoms. The molecule has 0 unspecified atom stereocenters. The standard InChI is InChI=1S/C11H18N4O4/c1-7-8(6-13-15(7)2)5-12-11(19)14-9(3-4-16)10(17)18/h6,9,16H,3-5H2,1-2H3,(H,17,18)(H2,12,14,19)/t9-/m1/s1. The van der Waals surface area contributed by atoms with Crippen molar-refractivity contribution >= 4 is 12.0 Å². The minimum Gasteiger partial charge on any atom is -0.480 e. The van der Waals surface area contributed by atoms with Crippen LogP contribution in [0.3, 0.4) is 0 Å². The van der Waals surface area contributed by atoms with E-state index in [2.05, 4.69) is 15.7 Å². The molecular weight excluding hydrogens is 252 g/mol. The van der Waals surface area contributed by atoms with Crippen LogP contribution < -0.4 is 10.6 Å². The molecule has 0 bridgehead atoms. The van der Waals surface area contributed by atoms with Crippen molar-refractivity contribution in [1.82, 2.24) is 20.4 Å². The van der Waals surface area contributed by atoms with Crippen LogP contribution in [0.15, 0.2) is 6.20 Å². The van der Waals surface area contributed by atoms with Gasteiger partial charge in [0.15, 0.2) is 0 Å². The van der Waals surface area contributed by atoms with Gasteiger partial charge in [-0.05, 0) is 6.92 Å². The molecule has 0 aliphatic rings. The summed E-state index contributed by atoms with van der Waals surface area (Å²) in [6.45, 7) is 1.82. The van der Waals surface area contributed by atoms with Crippen molar-refractivity contribution < 1.29 is 19.8 Å². The lowest BCUT2D eigenvalue weighted by Crippen LogP contribution is -2.46. The second-order valence-electron chi connectivity index (χ2n) is 4.11. The number of aromatic nitrogens is 2. The van der Waals surface area contributed by atoms with Crippen LogP contribution in [-0.4, -0.2) is 44.6 Å². The van der Waals surface area contributed by atoms with Crippen molar-refractivity contribution in [3.63, 3.8) is 0 Å². The highest BCUT2D eigenvalue weighted by atomic mass is 16.4. The minimum absolute atomic E-state index is 0.0331. The van der Waals surface area contributed by atoms with Gasteiger partial charge in [-0.3, -0.25) is 4.68 Å². The van der Waals surface area contributed by atoms with E-state index in [1.807, 2.05) is 6.92 Å². The molecule has 8 nitrogen and oxygen atoms in total. The average Bonchev–Trinajstić information content (AvgIpc) is 2.67. The molecule has 1 heterocycles. The molecule has 0 saturated carbocycles. The first-order valence-corrected chi connectivity index (χ1v) is 5.81. The van der Waals surface area contributed by atoms with Crippen molar-refractivity contribution in [3.05, 3.63) is 17.5 Å². The number of rotatable bonds is 6. The van der Waals surface area contributed by atoms with Gasteiger partial charge in [-0.1, -0.05) is 0 Å². The number of aliphatic hydroxyl groups excluding tert-OH is 1. The van der Waals surface area contributed by atoms with Gasteiger partial charge in [0.1, 0.15) is 6.04 Å². The van der Waals surface area contributed by atoms with Crippen LogP contribution in [0.1, 0.15) is 17.7 Å². The Kier molecular flexibility index (Phi) is 5.31. The molecule has 19 heavy (non-hydrogen) atoms. The van der Waals surface area contributed by atoms with Crippen LogP contribution in [0, 0.1) is 6.92 Å². The second-order valence-corrected chi connectivity index (χ2v) is 4.11. The monoisotopic (exact) mass is 270 g/mol. The number of nitrogens with one attached hydrogen (secondary N) is 2. The maximum absolute atomic E-state index is 11.5. The molecule has 4 N–H and O–H groups in total. The number of hydrogen-bond acceptors (Lipinski definition) is 4. The Morgan fingerprint density at radius 3 is 2.68 bits per heavy atom. The Morgan fingerprint density at radius 1 is 1.53 bits per heavy atom. The summed E-state index contributed by atoms with van der Waals surface area (Å²) in [6.07, 6.45) is 1.60. The van der Waals surface area contributed by atoms with Gasteiger partial charge in [-0.15, -0.1) is 0 Å². The predicted octanol–water partition coefficient (Wildman–Crippen LogP) is -0.637. The largest absolute Gasteiger partial charge is 0.480 e. The lowest BCUT2D eigenvalue weighted by Gasteiger charge is -2.13. The van der Waals surface area contributed by atoms with E-state index in [-0.39, 0.29) is 19.6 Å². The summed E-state index contributed by atoms with van der Waals surface area (Å²) < 4.78 is 1.68. The number of aryl methyl sites for hydroxylation is 1. The van der Waals surface area contributed by atoms with E-state index in [1.165, 1.54) is 0 Å². The number of carbonyl (C=O) groups excluding carboxylic acids is 1. The number of nitrogens with zero attached hydrogens (tertiary/aromatic N) is 2. The lowest BCUT2D eigenvalue weighted by atomic mass is 10.2. The third kappa shape index (κ3) is 4.25. The minimum atomic E-state index is -1.18. The third-order valence-corrected chi connectivity index (χ3v) is 2.80. The van der Waals surface area contributed by atoms with Crippen molar-refractivity contribution in [3.8, 4) is 0 Å². The van der Waals surface area contributed by atoms with Crippen LogP contribution >= 0.6 is 0 Å². The first kappa shape index (κ1) is 15.0. The summed E-state index contributed by atoms with van der Waals surface area (Å²) in [4.78, 5) is 22.3. The van der Waals surface area contributed by atoms with E-state index in [0.717, 1.165) is 11.3 Å². The van der Waals surface area contributed by atoms with Gasteiger partial charge in [0.05, 0.1) is 6.20 Å². The van der Waals surface area contributed by atoms with Crippen LogP contribution in [0.2, 0.25) is 0 Å². The average molecular weight is 270 g/mol. The molecule has 1 aromatic rings. The van der Waals surface area contributed by atoms with Gasteiger partial charge in [-0.25, -0.2) is 9.59 Å². The van der Waals surface area contributed by atoms with Gasteiger partial charge in [0.2, 0.25) is 0 Å². The number of amides is 2. The Hall–Kier alpha value is -2.09. The number of carbonyl (C=O) groups is 2. The van der Waals surface area contributed by atoms with Crippen LogP contribution in [0.25, 0.3) is 0 Å². The van der Waals surface area contributed by atoms with Gasteiger partial charge in [0, 0.05) is 37.9 Å². The number of aliphatic carboxylic acids is 1. The highest BCUT2D eigenvalue weighted by molar-refractivity contribution is 5.82. The van der Waals surface area contributed by atoms with Crippen molar-refractivity contribution in [2.24, 2.45) is 7.05 Å². The summed E-state index contributed by atoms with van der Waals surface area (Å²) in [6, 6.07) is -1.69. The molecule has 1 aromatic heterocycles. The summed E-state index contributed by atoms with van der Waals surface area (Å²) in [5.74, 6) is -1.18. The van der Waals surface area contributed by atoms with Gasteiger partial charge < -0.3 is 20.8 Å². The van der Waals surface area contributed by atoms with Crippen LogP contribution in [-0.2, 0) is 18.4 Å². The summed E-state index contributed by atoms with van der Waals surface area (Å²) in [7, 11) is 1.79. The Morgan fingerprint density at radius 2 is 2.21 bits per heavy atom. The van der Waals surface area contributed by atoms with Gasteiger partial charge in [-0.2, -0.15) is 5.10 Å². The van der Waals surface area contributed by atoms with Crippen molar-refractivity contribution in [1.29, 1.82) is 0 Å². The van der Waals surface area contributed by atoms with Gasteiger partial charge >= 0.3 is 12.0 Å². The molecule has 2 amide bonds. The molecular formula is C11H18N4O4. The maximum Gasteiger partial charge on any atom is 0.326 e. The van der Waals surface area contributed by atoms with Crippen LogP contribution in [0.5, 0.6) is 0 Å². The molecule has 0 aliphatic heterocycles. The SMILES string of the molecule is Cc1c(CNC(=O)N[C@H](CCO)C(=O)O)cnn1C. The molecule has 1 rings (SSSR count). The predicted molar refractivity (Wildman–Crippen MR) is 66.4 cm³/mol. The molecule has 0 radical (unpaired) electrons. The fourth-order valence-corrected chi connectivity index (χ4v) is 1.49. The Labute approximate surface area is 110 Å². The quantitative estimate of drug-likeness (QED) is 0.549. The topological polar surface area (TPSA) is 116 Å². The molecule has 0 saturated heterocycles. The molecule has 0 spiro atoms. The first-order valence-electron chi connectivity index (χ1n) is 5.81. The number of aliphatic hydroxyl groups is 1. The fraction of sp³-hybridized carbons (Fsp3) is 0.545. The Balaban J connectivity index is 2.47. The maximum atomic E-state index is 11.5. The normalized spacial score (nSPS) is 11.9. The zero-order valence-electron chi connectivity index (χ0n) is 10.9. The summed E-state index contributed by atoms with van der Waals surface area (Å²) in [5, 5.41) is 26.4. The third-order valence-electron chi connectivity index (χ3n) is 2.80. The molecule has 1 atom stereocenters. The number of carboxylic acids is 1. The molecule has 0 aromatic carbocycles. The zero-order valence-corrected chi connectivity index (χ0v) is 10.9. The van der Waals surface area contributed by atoms with E-state index >= 15 is 0 Å². The zero-order chi connectivity index (χ0) is 14.4.